The van der Waals surface area contributed by atoms with E-state index < -0.39 is 11.7 Å². The van der Waals surface area contributed by atoms with Crippen molar-refractivity contribution in [1.82, 2.24) is 4.90 Å². The summed E-state index contributed by atoms with van der Waals surface area (Å²) >= 11 is 0. The fraction of sp³-hybridized carbons (Fsp3) is 0.583. The summed E-state index contributed by atoms with van der Waals surface area (Å²) in [4.78, 5) is 21.2. The van der Waals surface area contributed by atoms with E-state index in [1.165, 1.54) is 12.2 Å². The van der Waals surface area contributed by atoms with Gasteiger partial charge >= 0.3 is 0 Å². The molecule has 3 aliphatic rings. The number of methoxy groups -OCH3 is 3. The Labute approximate surface area is 194 Å². The van der Waals surface area contributed by atoms with E-state index in [1.807, 2.05) is 31.3 Å². The Morgan fingerprint density at radius 3 is 2.58 bits per heavy atom. The number of rotatable bonds is 9. The molecule has 178 valence electrons. The highest BCUT2D eigenvalue weighted by molar-refractivity contribution is 6.32. The van der Waals surface area contributed by atoms with Crippen LogP contribution in [-0.2, 0) is 28.6 Å². The third-order valence-electron chi connectivity index (χ3n) is 7.23. The average Bonchev–Trinajstić information content (AvgIpc) is 3.37. The first-order valence-electron chi connectivity index (χ1n) is 10.9. The summed E-state index contributed by atoms with van der Waals surface area (Å²) in [5.41, 5.74) is 1.97. The first-order valence-corrected chi connectivity index (χ1v) is 10.9. The van der Waals surface area contributed by atoms with Crippen LogP contribution in [0.1, 0.15) is 12.0 Å². The lowest BCUT2D eigenvalue weighted by molar-refractivity contribution is -0.132. The number of para-hydroxylation sites is 1. The van der Waals surface area contributed by atoms with Crippen molar-refractivity contribution in [2.75, 3.05) is 60.5 Å². The fourth-order valence-electron chi connectivity index (χ4n) is 6.03. The van der Waals surface area contributed by atoms with Gasteiger partial charge in [0.25, 0.3) is 5.91 Å². The van der Waals surface area contributed by atoms with Gasteiger partial charge in [-0.3, -0.25) is 14.5 Å². The molecule has 9 heteroatoms. The highest BCUT2D eigenvalue weighted by atomic mass is 16.7. The third kappa shape index (κ3) is 3.58. The second kappa shape index (κ2) is 9.50. The molecule has 4 atom stereocenters. The Bertz CT molecular complexity index is 971. The van der Waals surface area contributed by atoms with Crippen LogP contribution in [0.2, 0.25) is 0 Å². The summed E-state index contributed by atoms with van der Waals surface area (Å²) in [6, 6.07) is 10.0. The third-order valence-corrected chi connectivity index (χ3v) is 7.23. The van der Waals surface area contributed by atoms with Gasteiger partial charge in [-0.25, -0.2) is 0 Å². The van der Waals surface area contributed by atoms with Crippen LogP contribution in [0.5, 0.6) is 0 Å². The normalized spacial score (nSPS) is 31.0. The Hall–Kier alpha value is -2.32. The molecule has 33 heavy (non-hydrogen) atoms. The Morgan fingerprint density at radius 2 is 1.94 bits per heavy atom. The van der Waals surface area contributed by atoms with Crippen LogP contribution >= 0.6 is 0 Å². The smallest absolute Gasteiger partial charge is 0.282 e. The maximum absolute atomic E-state index is 13.6. The molecule has 4 rings (SSSR count). The lowest BCUT2D eigenvalue weighted by Crippen LogP contribution is -2.47. The Kier molecular flexibility index (Phi) is 6.86. The van der Waals surface area contributed by atoms with Gasteiger partial charge in [-0.2, -0.15) is 10.3 Å². The lowest BCUT2D eigenvalue weighted by atomic mass is 9.71. The molecular formula is C24H31N3O6. The first-order chi connectivity index (χ1) is 16.0. The number of hydrogen-bond donors (Lipinski definition) is 0. The summed E-state index contributed by atoms with van der Waals surface area (Å²) in [6.07, 6.45) is 0.0371. The summed E-state index contributed by atoms with van der Waals surface area (Å²) in [7, 11) is 8.23. The van der Waals surface area contributed by atoms with E-state index in [0.29, 0.717) is 30.8 Å². The molecule has 9 nitrogen and oxygen atoms in total. The van der Waals surface area contributed by atoms with E-state index in [9.17, 15) is 10.1 Å². The maximum Gasteiger partial charge on any atom is 0.282 e. The van der Waals surface area contributed by atoms with Crippen LogP contribution in [0.15, 0.2) is 29.8 Å². The molecule has 1 aromatic carbocycles. The minimum atomic E-state index is -0.891. The van der Waals surface area contributed by atoms with Gasteiger partial charge in [0.05, 0.1) is 36.5 Å². The van der Waals surface area contributed by atoms with Gasteiger partial charge in [0.1, 0.15) is 6.79 Å². The number of nitrogens with zero attached hydrogens (tertiary/aromatic N) is 3. The zero-order valence-electron chi connectivity index (χ0n) is 19.7. The summed E-state index contributed by atoms with van der Waals surface area (Å²) < 4.78 is 21.9. The molecule has 1 aliphatic carbocycles. The topological polar surface area (TPSA) is 93.5 Å². The highest BCUT2D eigenvalue weighted by Gasteiger charge is 2.66. The second-order valence-electron chi connectivity index (χ2n) is 8.72. The molecule has 0 radical (unpaired) electrons. The molecule has 1 saturated heterocycles. The molecule has 2 aliphatic heterocycles. The molecule has 0 N–H and O–H groups in total. The molecule has 1 amide bonds. The van der Waals surface area contributed by atoms with E-state index in [1.54, 1.807) is 21.3 Å². The number of likely N-dealkylation sites (N-methyl/N-ethyl adjacent to an activating group) is 1. The molecule has 2 bridgehead atoms. The van der Waals surface area contributed by atoms with E-state index in [0.717, 1.165) is 11.1 Å². The molecule has 0 spiro atoms. The molecule has 2 heterocycles. The SMILES string of the molecule is COCOC[C@@H]1[C@@H]2C(=C3C(=O)N(OC)c4ccccc43)[C@@](C#N)(CN2C)[C@H]1CC(OC)OC. The summed E-state index contributed by atoms with van der Waals surface area (Å²) in [5.74, 6) is -0.434. The number of carbonyl (C=O) groups excluding carboxylic acids is 1. The number of anilines is 1. The highest BCUT2D eigenvalue weighted by Crippen LogP contribution is 2.62. The van der Waals surface area contributed by atoms with Crippen LogP contribution in [0.4, 0.5) is 5.69 Å². The van der Waals surface area contributed by atoms with Gasteiger partial charge in [0.15, 0.2) is 6.29 Å². The number of nitriles is 1. The van der Waals surface area contributed by atoms with E-state index >= 15 is 0 Å². The van der Waals surface area contributed by atoms with Crippen molar-refractivity contribution in [2.24, 2.45) is 17.3 Å². The van der Waals surface area contributed by atoms with Crippen molar-refractivity contribution in [2.45, 2.75) is 18.8 Å². The van der Waals surface area contributed by atoms with Crippen LogP contribution in [0.3, 0.4) is 0 Å². The van der Waals surface area contributed by atoms with Crippen LogP contribution in [0.25, 0.3) is 5.57 Å². The molecule has 2 fully saturated rings. The molecular weight excluding hydrogens is 426 g/mol. The monoisotopic (exact) mass is 457 g/mol. The van der Waals surface area contributed by atoms with E-state index in [2.05, 4.69) is 11.0 Å². The van der Waals surface area contributed by atoms with Gasteiger partial charge in [-0.15, -0.1) is 0 Å². The number of ether oxygens (including phenoxy) is 4. The number of benzene rings is 1. The quantitative estimate of drug-likeness (QED) is 0.316. The van der Waals surface area contributed by atoms with Crippen LogP contribution < -0.4 is 5.06 Å². The van der Waals surface area contributed by atoms with E-state index in [4.69, 9.17) is 23.8 Å². The number of piperidine rings is 1. The van der Waals surface area contributed by atoms with E-state index in [-0.39, 0.29) is 30.6 Å². The predicted octanol–water partition coefficient (Wildman–Crippen LogP) is 2.05. The number of hydrogen-bond acceptors (Lipinski definition) is 8. The zero-order valence-corrected chi connectivity index (χ0v) is 19.7. The second-order valence-corrected chi connectivity index (χ2v) is 8.72. The van der Waals surface area contributed by atoms with Gasteiger partial charge in [0.2, 0.25) is 0 Å². The van der Waals surface area contributed by atoms with Crippen molar-refractivity contribution < 1.29 is 28.6 Å². The van der Waals surface area contributed by atoms with Gasteiger partial charge in [-0.05, 0) is 24.6 Å². The van der Waals surface area contributed by atoms with Crippen molar-refractivity contribution >= 4 is 17.2 Å². The van der Waals surface area contributed by atoms with Crippen molar-refractivity contribution in [3.05, 3.63) is 35.4 Å². The average molecular weight is 458 g/mol. The Balaban J connectivity index is 1.90. The van der Waals surface area contributed by atoms with Gasteiger partial charge < -0.3 is 18.9 Å². The van der Waals surface area contributed by atoms with Gasteiger partial charge in [-0.1, -0.05) is 18.2 Å². The minimum absolute atomic E-state index is 0.0505. The first kappa shape index (κ1) is 23.8. The predicted molar refractivity (Wildman–Crippen MR) is 120 cm³/mol. The van der Waals surface area contributed by atoms with Crippen molar-refractivity contribution in [1.29, 1.82) is 5.26 Å². The standard InChI is InChI=1S/C24H31N3O6/c1-26-13-24(12-25)17(10-19(30-3)31-4)16(11-33-14-29-2)22(26)21(24)20-15-8-6-7-9-18(15)27(32-5)23(20)28/h6-9,16-17,19,22H,10-11,13-14H2,1-5H3/t16-,17-,22+,24-/m0/s1. The largest absolute Gasteiger partial charge is 0.359 e. The zero-order chi connectivity index (χ0) is 23.8. The molecule has 0 aromatic heterocycles. The van der Waals surface area contributed by atoms with Gasteiger partial charge in [0, 0.05) is 51.8 Å². The van der Waals surface area contributed by atoms with Crippen molar-refractivity contribution in [3.8, 4) is 6.07 Å². The van der Waals surface area contributed by atoms with Crippen molar-refractivity contribution in [3.63, 3.8) is 0 Å². The number of fused-ring (bicyclic) bond motifs is 3. The molecule has 1 saturated carbocycles. The number of carbonyl (C=O) groups is 1. The Morgan fingerprint density at radius 1 is 1.21 bits per heavy atom. The van der Waals surface area contributed by atoms with Crippen LogP contribution in [0, 0.1) is 28.6 Å². The summed E-state index contributed by atoms with van der Waals surface area (Å²) in [6.45, 7) is 1.06. The maximum atomic E-state index is 13.6. The van der Waals surface area contributed by atoms with Crippen LogP contribution in [-0.4, -0.2) is 78.6 Å². The summed E-state index contributed by atoms with van der Waals surface area (Å²) in [5, 5.41) is 12.0. The number of amides is 1. The molecule has 1 aromatic rings. The number of hydroxylamine groups is 1. The minimum Gasteiger partial charge on any atom is -0.359 e. The fourth-order valence-corrected chi connectivity index (χ4v) is 6.03. The number of likely N-dealkylation sites (tertiary alicyclic amines) is 1. The molecule has 0 unspecified atom stereocenters. The lowest BCUT2D eigenvalue weighted by Gasteiger charge is -2.39.